The average molecular weight is 392 g/mol. The first-order valence-corrected chi connectivity index (χ1v) is 10.0. The predicted molar refractivity (Wildman–Crippen MR) is 106 cm³/mol. The van der Waals surface area contributed by atoms with E-state index in [2.05, 4.69) is 21.8 Å². The van der Waals surface area contributed by atoms with Crippen molar-refractivity contribution in [3.05, 3.63) is 56.7 Å². The van der Waals surface area contributed by atoms with Gasteiger partial charge in [0.2, 0.25) is 0 Å². The maximum atomic E-state index is 13.3. The van der Waals surface area contributed by atoms with Crippen molar-refractivity contribution in [2.75, 3.05) is 12.8 Å². The zero-order valence-corrected chi connectivity index (χ0v) is 15.9. The summed E-state index contributed by atoms with van der Waals surface area (Å²) in [5.41, 5.74) is 0.496. The number of nitrogens with one attached hydrogen (secondary N) is 2. The Morgan fingerprint density at radius 1 is 1.30 bits per heavy atom. The molecule has 0 atom stereocenters. The highest BCUT2D eigenvalue weighted by molar-refractivity contribution is 8.02. The quantitative estimate of drug-likeness (QED) is 0.794. The highest BCUT2D eigenvalue weighted by Gasteiger charge is 2.26. The lowest BCUT2D eigenvalue weighted by Gasteiger charge is -2.28. The van der Waals surface area contributed by atoms with Crippen molar-refractivity contribution in [1.29, 1.82) is 0 Å². The molecule has 7 heteroatoms. The molecule has 2 N–H and O–H groups in total. The second-order valence-corrected chi connectivity index (χ2v) is 7.63. The standard InChI is InChI=1S/C16H16F2N2O2.C4H6S/c1-19-15(21)12-6-9-5-11(14(17)18)10(8-3-2-4-8)7-13(9)20-16(12)22;1-2-4-5-3-1/h5-8,14H,2-4H2,1H3,(H,19,21)(H,20,22);1,3H,2,4H2. The fourth-order valence-corrected chi connectivity index (χ4v) is 3.87. The number of thioether (sulfide) groups is 1. The summed E-state index contributed by atoms with van der Waals surface area (Å²) in [4.78, 5) is 26.2. The minimum Gasteiger partial charge on any atom is -0.355 e. The van der Waals surface area contributed by atoms with Crippen LogP contribution in [-0.2, 0) is 0 Å². The van der Waals surface area contributed by atoms with E-state index < -0.39 is 17.9 Å². The smallest absolute Gasteiger partial charge is 0.264 e. The molecule has 1 aliphatic carbocycles. The number of carbonyl (C=O) groups is 1. The van der Waals surface area contributed by atoms with Crippen LogP contribution in [0.5, 0.6) is 0 Å². The van der Waals surface area contributed by atoms with Gasteiger partial charge in [0, 0.05) is 23.9 Å². The summed E-state index contributed by atoms with van der Waals surface area (Å²) in [6.45, 7) is 0. The van der Waals surface area contributed by atoms with Gasteiger partial charge in [0.05, 0.1) is 0 Å². The Kier molecular flexibility index (Phi) is 6.31. The first-order valence-electron chi connectivity index (χ1n) is 8.99. The summed E-state index contributed by atoms with van der Waals surface area (Å²) >= 11 is 1.89. The monoisotopic (exact) mass is 392 g/mol. The van der Waals surface area contributed by atoms with E-state index in [0.717, 1.165) is 19.3 Å². The molecule has 4 nitrogen and oxygen atoms in total. The SMILES string of the molecule is C1=CSCC1.CNC(=O)c1cc2cc(C(F)F)c(C3CCC3)cc2[nH]c1=O. The lowest BCUT2D eigenvalue weighted by Crippen LogP contribution is -2.26. The Morgan fingerprint density at radius 2 is 2.07 bits per heavy atom. The van der Waals surface area contributed by atoms with Gasteiger partial charge < -0.3 is 10.3 Å². The van der Waals surface area contributed by atoms with Crippen molar-refractivity contribution < 1.29 is 13.6 Å². The molecule has 144 valence electrons. The Hall–Kier alpha value is -2.15. The summed E-state index contributed by atoms with van der Waals surface area (Å²) < 4.78 is 26.7. The van der Waals surface area contributed by atoms with E-state index in [1.807, 2.05) is 11.8 Å². The predicted octanol–water partition coefficient (Wildman–Crippen LogP) is 4.73. The van der Waals surface area contributed by atoms with Gasteiger partial charge in [-0.15, -0.1) is 11.8 Å². The lowest BCUT2D eigenvalue weighted by atomic mass is 9.78. The highest BCUT2D eigenvalue weighted by Crippen LogP contribution is 2.41. The number of allylic oxidation sites excluding steroid dienone is 1. The first kappa shape index (κ1) is 19.6. The van der Waals surface area contributed by atoms with Gasteiger partial charge in [-0.3, -0.25) is 9.59 Å². The fraction of sp³-hybridized carbons (Fsp3) is 0.400. The lowest BCUT2D eigenvalue weighted by molar-refractivity contribution is 0.0961. The average Bonchev–Trinajstić information content (AvgIpc) is 3.18. The Morgan fingerprint density at radius 3 is 2.56 bits per heavy atom. The van der Waals surface area contributed by atoms with Crippen LogP contribution in [0, 0.1) is 0 Å². The fourth-order valence-electron chi connectivity index (χ4n) is 3.19. The highest BCUT2D eigenvalue weighted by atomic mass is 32.2. The summed E-state index contributed by atoms with van der Waals surface area (Å²) in [6.07, 6.45) is 3.74. The van der Waals surface area contributed by atoms with Gasteiger partial charge in [0.25, 0.3) is 17.9 Å². The molecular formula is C20H22F2N2O2S. The van der Waals surface area contributed by atoms with Crippen molar-refractivity contribution in [2.24, 2.45) is 0 Å². The van der Waals surface area contributed by atoms with Crippen LogP contribution in [-0.4, -0.2) is 23.7 Å². The molecule has 1 aliphatic heterocycles. The number of amides is 1. The van der Waals surface area contributed by atoms with Crippen LogP contribution in [0.1, 0.15) is 59.5 Å². The third kappa shape index (κ3) is 4.40. The van der Waals surface area contributed by atoms with Gasteiger partial charge >= 0.3 is 0 Å². The number of fused-ring (bicyclic) bond motifs is 1. The van der Waals surface area contributed by atoms with Gasteiger partial charge in [-0.05, 0) is 59.7 Å². The molecule has 1 saturated carbocycles. The van der Waals surface area contributed by atoms with E-state index in [0.29, 0.717) is 16.5 Å². The summed E-state index contributed by atoms with van der Waals surface area (Å²) in [7, 11) is 1.41. The van der Waals surface area contributed by atoms with Crippen molar-refractivity contribution in [3.8, 4) is 0 Å². The van der Waals surface area contributed by atoms with Gasteiger partial charge in [-0.1, -0.05) is 12.5 Å². The van der Waals surface area contributed by atoms with E-state index in [1.165, 1.54) is 31.4 Å². The summed E-state index contributed by atoms with van der Waals surface area (Å²) in [5.74, 6) is 0.903. The molecule has 2 heterocycles. The minimum atomic E-state index is -2.57. The zero-order chi connectivity index (χ0) is 19.4. The number of rotatable bonds is 3. The largest absolute Gasteiger partial charge is 0.355 e. The van der Waals surface area contributed by atoms with E-state index in [4.69, 9.17) is 0 Å². The molecule has 1 aromatic carbocycles. The molecule has 2 aromatic rings. The van der Waals surface area contributed by atoms with Gasteiger partial charge in [0.1, 0.15) is 5.56 Å². The number of pyridine rings is 1. The number of benzene rings is 1. The maximum absolute atomic E-state index is 13.3. The third-order valence-corrected chi connectivity index (χ3v) is 5.75. The van der Waals surface area contributed by atoms with Crippen LogP contribution in [0.25, 0.3) is 10.9 Å². The van der Waals surface area contributed by atoms with Crippen LogP contribution < -0.4 is 10.9 Å². The molecule has 0 spiro atoms. The number of carbonyl (C=O) groups excluding carboxylic acids is 1. The minimum absolute atomic E-state index is 0.00731. The first-order chi connectivity index (χ1) is 13.0. The number of alkyl halides is 2. The Labute approximate surface area is 160 Å². The topological polar surface area (TPSA) is 62.0 Å². The Bertz CT molecular complexity index is 914. The van der Waals surface area contributed by atoms with Crippen molar-refractivity contribution >= 4 is 28.6 Å². The van der Waals surface area contributed by atoms with E-state index in [9.17, 15) is 18.4 Å². The van der Waals surface area contributed by atoms with E-state index in [1.54, 1.807) is 6.07 Å². The summed E-state index contributed by atoms with van der Waals surface area (Å²) in [5, 5.41) is 4.96. The summed E-state index contributed by atoms with van der Waals surface area (Å²) in [6, 6.07) is 4.38. The molecule has 1 fully saturated rings. The van der Waals surface area contributed by atoms with Crippen LogP contribution in [0.2, 0.25) is 0 Å². The zero-order valence-electron chi connectivity index (χ0n) is 15.1. The number of halogens is 2. The maximum Gasteiger partial charge on any atom is 0.264 e. The number of H-pyrrole nitrogens is 1. The van der Waals surface area contributed by atoms with Crippen LogP contribution in [0.3, 0.4) is 0 Å². The second-order valence-electron chi connectivity index (χ2n) is 6.62. The molecule has 1 amide bonds. The molecule has 27 heavy (non-hydrogen) atoms. The molecule has 2 aliphatic rings. The molecule has 4 rings (SSSR count). The number of aromatic nitrogens is 1. The van der Waals surface area contributed by atoms with Gasteiger partial charge in [-0.2, -0.15) is 0 Å². The molecule has 0 bridgehead atoms. The van der Waals surface area contributed by atoms with Crippen LogP contribution >= 0.6 is 11.8 Å². The number of hydrogen-bond donors (Lipinski definition) is 2. The molecule has 1 aromatic heterocycles. The Balaban J connectivity index is 0.000000364. The van der Waals surface area contributed by atoms with Gasteiger partial charge in [0.15, 0.2) is 0 Å². The second kappa shape index (κ2) is 8.69. The number of hydrogen-bond acceptors (Lipinski definition) is 3. The van der Waals surface area contributed by atoms with Crippen LogP contribution in [0.4, 0.5) is 8.78 Å². The molecule has 0 saturated heterocycles. The van der Waals surface area contributed by atoms with Crippen molar-refractivity contribution in [3.63, 3.8) is 0 Å². The molecule has 0 unspecified atom stereocenters. The number of aromatic amines is 1. The van der Waals surface area contributed by atoms with Crippen molar-refractivity contribution in [1.82, 2.24) is 10.3 Å². The molecule has 0 radical (unpaired) electrons. The van der Waals surface area contributed by atoms with Crippen molar-refractivity contribution in [2.45, 2.75) is 38.0 Å². The van der Waals surface area contributed by atoms with E-state index >= 15 is 0 Å². The van der Waals surface area contributed by atoms with Crippen LogP contribution in [0.15, 0.2) is 34.5 Å². The van der Waals surface area contributed by atoms with E-state index in [-0.39, 0.29) is 17.0 Å². The molecular weight excluding hydrogens is 370 g/mol. The normalized spacial score (nSPS) is 16.1. The van der Waals surface area contributed by atoms with Gasteiger partial charge in [-0.25, -0.2) is 8.78 Å². The third-order valence-electron chi connectivity index (χ3n) is 4.89.